The second kappa shape index (κ2) is 9.54. The molecule has 5 aliphatic rings. The van der Waals surface area contributed by atoms with Gasteiger partial charge in [0.2, 0.25) is 11.8 Å². The van der Waals surface area contributed by atoms with E-state index in [1.165, 1.54) is 76.4 Å². The predicted octanol–water partition coefficient (Wildman–Crippen LogP) is 4.01. The van der Waals surface area contributed by atoms with Gasteiger partial charge in [0.15, 0.2) is 0 Å². The molecule has 174 valence electrons. The van der Waals surface area contributed by atoms with Crippen molar-refractivity contribution in [3.63, 3.8) is 0 Å². The zero-order chi connectivity index (χ0) is 22.0. The lowest BCUT2D eigenvalue weighted by molar-refractivity contribution is -0.131. The second-order valence-corrected chi connectivity index (χ2v) is 11.3. The maximum Gasteiger partial charge on any atom is 0.239 e. The monoisotopic (exact) mass is 437 g/mol. The maximum absolute atomic E-state index is 12.6. The number of carbonyl (C=O) groups is 2. The number of benzene rings is 1. The molecule has 0 spiro atoms. The molecule has 5 fully saturated rings. The van der Waals surface area contributed by atoms with Gasteiger partial charge in [-0.25, -0.2) is 0 Å². The molecule has 4 bridgehead atoms. The van der Waals surface area contributed by atoms with Gasteiger partial charge >= 0.3 is 0 Å². The lowest BCUT2D eigenvalue weighted by Crippen LogP contribution is -2.48. The second-order valence-electron chi connectivity index (χ2n) is 11.3. The summed E-state index contributed by atoms with van der Waals surface area (Å²) in [6.45, 7) is 4.01. The van der Waals surface area contributed by atoms with Crippen molar-refractivity contribution in [3.05, 3.63) is 35.4 Å². The standard InChI is InChI=1S/C27H39N3O2/c31-25(16-27-13-22-10-23(14-27)12-24(11-22)15-27)29-18-26(32)28-17-20-4-6-21(7-5-20)19-30-8-2-1-3-9-30/h4-7,22-24H,1-3,8-19H2,(H,28,32)(H,29,31). The van der Waals surface area contributed by atoms with E-state index in [1.807, 2.05) is 0 Å². The lowest BCUT2D eigenvalue weighted by Gasteiger charge is -2.56. The van der Waals surface area contributed by atoms with Crippen molar-refractivity contribution in [1.29, 1.82) is 0 Å². The first kappa shape index (κ1) is 21.9. The summed E-state index contributed by atoms with van der Waals surface area (Å²) in [7, 11) is 0. The third-order valence-electron chi connectivity index (χ3n) is 8.51. The van der Waals surface area contributed by atoms with Crippen LogP contribution in [0, 0.1) is 23.2 Å². The van der Waals surface area contributed by atoms with Gasteiger partial charge in [0, 0.05) is 19.5 Å². The van der Waals surface area contributed by atoms with E-state index in [4.69, 9.17) is 0 Å². The van der Waals surface area contributed by atoms with Crippen molar-refractivity contribution >= 4 is 11.8 Å². The van der Waals surface area contributed by atoms with Gasteiger partial charge in [0.25, 0.3) is 0 Å². The van der Waals surface area contributed by atoms with Crippen molar-refractivity contribution in [3.8, 4) is 0 Å². The molecule has 1 aliphatic heterocycles. The average molecular weight is 438 g/mol. The van der Waals surface area contributed by atoms with E-state index in [9.17, 15) is 9.59 Å². The number of hydrogen-bond acceptors (Lipinski definition) is 3. The normalized spacial score (nSPS) is 31.4. The number of likely N-dealkylation sites (tertiary alicyclic amines) is 1. The van der Waals surface area contributed by atoms with Crippen molar-refractivity contribution in [1.82, 2.24) is 15.5 Å². The number of amides is 2. The Kier molecular flexibility index (Phi) is 6.54. The Bertz CT molecular complexity index is 777. The molecule has 4 aliphatic carbocycles. The van der Waals surface area contributed by atoms with Crippen LogP contribution in [0.1, 0.15) is 75.3 Å². The van der Waals surface area contributed by atoms with E-state index in [0.29, 0.717) is 13.0 Å². The van der Waals surface area contributed by atoms with Crippen molar-refractivity contribution in [2.45, 2.75) is 77.3 Å². The summed E-state index contributed by atoms with van der Waals surface area (Å²) in [5.41, 5.74) is 2.66. The zero-order valence-electron chi connectivity index (χ0n) is 19.4. The summed E-state index contributed by atoms with van der Waals surface area (Å²) in [5, 5.41) is 5.84. The van der Waals surface area contributed by atoms with E-state index < -0.39 is 0 Å². The number of rotatable bonds is 8. The Balaban J connectivity index is 1.02. The van der Waals surface area contributed by atoms with E-state index in [1.54, 1.807) is 0 Å². The van der Waals surface area contributed by atoms with E-state index >= 15 is 0 Å². The highest BCUT2D eigenvalue weighted by atomic mass is 16.2. The minimum atomic E-state index is -0.110. The van der Waals surface area contributed by atoms with Crippen LogP contribution in [0.2, 0.25) is 0 Å². The van der Waals surface area contributed by atoms with Crippen LogP contribution in [0.4, 0.5) is 0 Å². The molecule has 5 heteroatoms. The molecule has 1 saturated heterocycles. The van der Waals surface area contributed by atoms with Gasteiger partial charge in [-0.2, -0.15) is 0 Å². The minimum Gasteiger partial charge on any atom is -0.350 e. The quantitative estimate of drug-likeness (QED) is 0.646. The van der Waals surface area contributed by atoms with E-state index in [-0.39, 0.29) is 23.8 Å². The first-order valence-corrected chi connectivity index (χ1v) is 12.9. The predicted molar refractivity (Wildman–Crippen MR) is 126 cm³/mol. The summed E-state index contributed by atoms with van der Waals surface area (Å²) in [5.74, 6) is 2.50. The third kappa shape index (κ3) is 5.36. The molecule has 6 rings (SSSR count). The number of nitrogens with zero attached hydrogens (tertiary/aromatic N) is 1. The fourth-order valence-corrected chi connectivity index (χ4v) is 7.49. The molecule has 5 nitrogen and oxygen atoms in total. The average Bonchev–Trinajstić information content (AvgIpc) is 2.77. The topological polar surface area (TPSA) is 61.4 Å². The maximum atomic E-state index is 12.6. The number of nitrogens with one attached hydrogen (secondary N) is 2. The Morgan fingerprint density at radius 3 is 2.03 bits per heavy atom. The van der Waals surface area contributed by atoms with Gasteiger partial charge in [-0.15, -0.1) is 0 Å². The van der Waals surface area contributed by atoms with Crippen LogP contribution in [-0.2, 0) is 22.7 Å². The van der Waals surface area contributed by atoms with E-state index in [2.05, 4.69) is 39.8 Å². The first-order valence-electron chi connectivity index (χ1n) is 12.9. The molecule has 2 amide bonds. The lowest BCUT2D eigenvalue weighted by atomic mass is 9.49. The Labute approximate surface area is 192 Å². The smallest absolute Gasteiger partial charge is 0.239 e. The number of piperidine rings is 1. The van der Waals surface area contributed by atoms with Crippen molar-refractivity contribution in [2.75, 3.05) is 19.6 Å². The van der Waals surface area contributed by atoms with Crippen LogP contribution in [0.25, 0.3) is 0 Å². The van der Waals surface area contributed by atoms with Crippen LogP contribution in [0.3, 0.4) is 0 Å². The summed E-state index contributed by atoms with van der Waals surface area (Å²) in [6.07, 6.45) is 12.4. The minimum absolute atomic E-state index is 0.0594. The van der Waals surface area contributed by atoms with Gasteiger partial charge in [-0.1, -0.05) is 30.7 Å². The SMILES string of the molecule is O=C(CNC(=O)CC12CC3CC(CC(C3)C1)C2)NCc1ccc(CN2CCCCC2)cc1. The van der Waals surface area contributed by atoms with Crippen LogP contribution >= 0.6 is 0 Å². The van der Waals surface area contributed by atoms with Crippen molar-refractivity contribution in [2.24, 2.45) is 23.2 Å². The molecule has 0 unspecified atom stereocenters. The highest BCUT2D eigenvalue weighted by Crippen LogP contribution is 2.61. The zero-order valence-corrected chi connectivity index (χ0v) is 19.4. The molecule has 0 aromatic heterocycles. The molecule has 1 heterocycles. The van der Waals surface area contributed by atoms with Gasteiger partial charge < -0.3 is 10.6 Å². The summed E-state index contributed by atoms with van der Waals surface area (Å²) in [4.78, 5) is 27.4. The summed E-state index contributed by atoms with van der Waals surface area (Å²) >= 11 is 0. The molecular weight excluding hydrogens is 398 g/mol. The van der Waals surface area contributed by atoms with Crippen LogP contribution in [0.15, 0.2) is 24.3 Å². The molecule has 0 atom stereocenters. The fraction of sp³-hybridized carbons (Fsp3) is 0.704. The van der Waals surface area contributed by atoms with E-state index in [0.717, 1.165) is 29.9 Å². The Morgan fingerprint density at radius 1 is 0.812 bits per heavy atom. The molecule has 32 heavy (non-hydrogen) atoms. The largest absolute Gasteiger partial charge is 0.350 e. The van der Waals surface area contributed by atoms with Gasteiger partial charge in [-0.3, -0.25) is 14.5 Å². The Hall–Kier alpha value is -1.88. The fourth-order valence-electron chi connectivity index (χ4n) is 7.49. The molecular formula is C27H39N3O2. The molecule has 0 radical (unpaired) electrons. The number of hydrogen-bond donors (Lipinski definition) is 2. The van der Waals surface area contributed by atoms with Crippen LogP contribution < -0.4 is 10.6 Å². The van der Waals surface area contributed by atoms with Gasteiger partial charge in [-0.05, 0) is 98.8 Å². The van der Waals surface area contributed by atoms with Gasteiger partial charge in [0.05, 0.1) is 6.54 Å². The highest BCUT2D eigenvalue weighted by Gasteiger charge is 2.51. The van der Waals surface area contributed by atoms with Crippen LogP contribution in [-0.4, -0.2) is 36.3 Å². The highest BCUT2D eigenvalue weighted by molar-refractivity contribution is 5.84. The third-order valence-corrected chi connectivity index (χ3v) is 8.51. The molecule has 2 N–H and O–H groups in total. The summed E-state index contributed by atoms with van der Waals surface area (Å²) in [6, 6.07) is 8.54. The summed E-state index contributed by atoms with van der Waals surface area (Å²) < 4.78 is 0. The number of carbonyl (C=O) groups excluding carboxylic acids is 2. The first-order chi connectivity index (χ1) is 15.6. The van der Waals surface area contributed by atoms with Crippen LogP contribution in [0.5, 0.6) is 0 Å². The molecule has 1 aromatic carbocycles. The van der Waals surface area contributed by atoms with Crippen molar-refractivity contribution < 1.29 is 9.59 Å². The Morgan fingerprint density at radius 2 is 1.41 bits per heavy atom. The molecule has 4 saturated carbocycles. The van der Waals surface area contributed by atoms with Gasteiger partial charge in [0.1, 0.15) is 0 Å². The molecule has 1 aromatic rings.